The van der Waals surface area contributed by atoms with Crippen molar-refractivity contribution in [1.29, 1.82) is 0 Å². The second-order valence-corrected chi connectivity index (χ2v) is 6.32. The monoisotopic (exact) mass is 360 g/mol. The van der Waals surface area contributed by atoms with Gasteiger partial charge in [0, 0.05) is 19.0 Å². The summed E-state index contributed by atoms with van der Waals surface area (Å²) in [6.45, 7) is 5.84. The molecule has 2 atom stereocenters. The fraction of sp³-hybridized carbons (Fsp3) is 0.500. The molecule has 1 aromatic heterocycles. The summed E-state index contributed by atoms with van der Waals surface area (Å²) in [5.41, 5.74) is 0. The molecule has 0 amide bonds. The molecule has 2 unspecified atom stereocenters. The lowest BCUT2D eigenvalue weighted by Gasteiger charge is -2.25. The molecule has 0 spiro atoms. The Kier molecular flexibility index (Phi) is 6.04. The average Bonchev–Trinajstić information content (AvgIpc) is 3.10. The number of halogens is 1. The van der Waals surface area contributed by atoms with Crippen molar-refractivity contribution in [3.8, 4) is 5.75 Å². The van der Waals surface area contributed by atoms with E-state index in [1.165, 1.54) is 6.07 Å². The van der Waals surface area contributed by atoms with Crippen LogP contribution in [0.25, 0.3) is 0 Å². The van der Waals surface area contributed by atoms with E-state index in [9.17, 15) is 4.39 Å². The lowest BCUT2D eigenvalue weighted by molar-refractivity contribution is 0.220. The minimum atomic E-state index is -0.362. The minimum absolute atomic E-state index is 0.240. The predicted octanol–water partition coefficient (Wildman–Crippen LogP) is 1.75. The van der Waals surface area contributed by atoms with Crippen LogP contribution in [-0.4, -0.2) is 46.0 Å². The number of fused-ring (bicyclic) bond motifs is 1. The zero-order valence-corrected chi connectivity index (χ0v) is 15.2. The summed E-state index contributed by atoms with van der Waals surface area (Å²) in [6.07, 6.45) is 3.23. The minimum Gasteiger partial charge on any atom is -0.486 e. The summed E-state index contributed by atoms with van der Waals surface area (Å²) < 4.78 is 21.2. The van der Waals surface area contributed by atoms with Gasteiger partial charge >= 0.3 is 0 Å². The SMILES string of the molecule is CCNC(=NCC(C)Oc1ccccc1F)NC1CCc2ncnn2C1. The number of benzene rings is 1. The van der Waals surface area contributed by atoms with E-state index < -0.39 is 0 Å². The number of nitrogens with zero attached hydrogens (tertiary/aromatic N) is 4. The van der Waals surface area contributed by atoms with Crippen molar-refractivity contribution in [1.82, 2.24) is 25.4 Å². The number of nitrogens with one attached hydrogen (secondary N) is 2. The first-order valence-electron chi connectivity index (χ1n) is 8.98. The third-order valence-corrected chi connectivity index (χ3v) is 4.16. The summed E-state index contributed by atoms with van der Waals surface area (Å²) in [5.74, 6) is 1.64. The van der Waals surface area contributed by atoms with Crippen molar-refractivity contribution in [2.75, 3.05) is 13.1 Å². The molecule has 1 aromatic carbocycles. The van der Waals surface area contributed by atoms with Gasteiger partial charge in [-0.15, -0.1) is 0 Å². The van der Waals surface area contributed by atoms with Crippen LogP contribution in [0.2, 0.25) is 0 Å². The van der Waals surface area contributed by atoms with Crippen LogP contribution in [0.15, 0.2) is 35.6 Å². The van der Waals surface area contributed by atoms with E-state index in [0.717, 1.165) is 37.7 Å². The molecule has 2 N–H and O–H groups in total. The van der Waals surface area contributed by atoms with Gasteiger partial charge in [-0.05, 0) is 32.4 Å². The zero-order chi connectivity index (χ0) is 18.4. The van der Waals surface area contributed by atoms with Gasteiger partial charge in [0.15, 0.2) is 17.5 Å². The van der Waals surface area contributed by atoms with Gasteiger partial charge in [-0.2, -0.15) is 5.10 Å². The van der Waals surface area contributed by atoms with Gasteiger partial charge in [0.25, 0.3) is 0 Å². The van der Waals surface area contributed by atoms with Crippen LogP contribution in [0, 0.1) is 5.82 Å². The first kappa shape index (κ1) is 18.2. The summed E-state index contributed by atoms with van der Waals surface area (Å²) in [7, 11) is 0. The third kappa shape index (κ3) is 4.71. The second-order valence-electron chi connectivity index (χ2n) is 6.32. The molecule has 140 valence electrons. The molecule has 7 nitrogen and oxygen atoms in total. The van der Waals surface area contributed by atoms with E-state index in [1.54, 1.807) is 24.5 Å². The Hall–Kier alpha value is -2.64. The van der Waals surface area contributed by atoms with E-state index in [-0.39, 0.29) is 23.7 Å². The number of rotatable bonds is 6. The Labute approximate surface area is 152 Å². The van der Waals surface area contributed by atoms with Crippen molar-refractivity contribution in [2.24, 2.45) is 4.99 Å². The van der Waals surface area contributed by atoms with Crippen molar-refractivity contribution in [3.05, 3.63) is 42.2 Å². The van der Waals surface area contributed by atoms with Gasteiger partial charge < -0.3 is 15.4 Å². The second kappa shape index (κ2) is 8.64. The molecule has 0 radical (unpaired) electrons. The standard InChI is InChI=1S/C18H25FN6O/c1-3-20-18(24-14-8-9-17-22-12-23-25(17)11-14)21-10-13(2)26-16-7-5-4-6-15(16)19/h4-7,12-14H,3,8-11H2,1-2H3,(H2,20,21,24). The van der Waals surface area contributed by atoms with E-state index in [4.69, 9.17) is 4.74 Å². The number of hydrogen-bond acceptors (Lipinski definition) is 4. The largest absolute Gasteiger partial charge is 0.486 e. The topological polar surface area (TPSA) is 76.4 Å². The maximum absolute atomic E-state index is 13.7. The van der Waals surface area contributed by atoms with Gasteiger partial charge in [0.05, 0.1) is 13.1 Å². The molecule has 8 heteroatoms. The first-order valence-corrected chi connectivity index (χ1v) is 8.98. The molecule has 2 aromatic rings. The van der Waals surface area contributed by atoms with Gasteiger partial charge in [-0.25, -0.2) is 19.0 Å². The fourth-order valence-electron chi connectivity index (χ4n) is 2.88. The lowest BCUT2D eigenvalue weighted by atomic mass is 10.1. The van der Waals surface area contributed by atoms with E-state index in [1.807, 2.05) is 18.5 Å². The quantitative estimate of drug-likeness (QED) is 0.606. The normalized spacial score (nSPS) is 18.1. The molecule has 3 rings (SSSR count). The molecule has 1 aliphatic heterocycles. The Balaban J connectivity index is 1.56. The molecule has 0 saturated carbocycles. The maximum Gasteiger partial charge on any atom is 0.191 e. The third-order valence-electron chi connectivity index (χ3n) is 4.16. The highest BCUT2D eigenvalue weighted by atomic mass is 19.1. The number of aliphatic imine (C=N–C) groups is 1. The number of aromatic nitrogens is 3. The summed E-state index contributed by atoms with van der Waals surface area (Å²) in [6, 6.07) is 6.64. The Morgan fingerprint density at radius 1 is 1.46 bits per heavy atom. The molecule has 0 fully saturated rings. The van der Waals surface area contributed by atoms with Gasteiger partial charge in [-0.3, -0.25) is 0 Å². The van der Waals surface area contributed by atoms with Gasteiger partial charge in [0.1, 0.15) is 18.3 Å². The van der Waals surface area contributed by atoms with Crippen molar-refractivity contribution in [3.63, 3.8) is 0 Å². The summed E-state index contributed by atoms with van der Waals surface area (Å²) in [4.78, 5) is 8.82. The number of para-hydroxylation sites is 1. The molecular weight excluding hydrogens is 335 g/mol. The predicted molar refractivity (Wildman–Crippen MR) is 97.7 cm³/mol. The number of guanidine groups is 1. The van der Waals surface area contributed by atoms with Crippen LogP contribution >= 0.6 is 0 Å². The van der Waals surface area contributed by atoms with Crippen LogP contribution in [0.5, 0.6) is 5.75 Å². The van der Waals surface area contributed by atoms with E-state index >= 15 is 0 Å². The number of aryl methyl sites for hydroxylation is 1. The van der Waals surface area contributed by atoms with Crippen LogP contribution in [0.4, 0.5) is 4.39 Å². The molecule has 0 bridgehead atoms. The van der Waals surface area contributed by atoms with Crippen molar-refractivity contribution < 1.29 is 9.13 Å². The Morgan fingerprint density at radius 2 is 2.31 bits per heavy atom. The van der Waals surface area contributed by atoms with Crippen LogP contribution in [-0.2, 0) is 13.0 Å². The van der Waals surface area contributed by atoms with Crippen molar-refractivity contribution >= 4 is 5.96 Å². The van der Waals surface area contributed by atoms with Crippen molar-refractivity contribution in [2.45, 2.75) is 45.4 Å². The number of ether oxygens (including phenoxy) is 1. The number of hydrogen-bond donors (Lipinski definition) is 2. The van der Waals surface area contributed by atoms with E-state index in [0.29, 0.717) is 6.54 Å². The summed E-state index contributed by atoms with van der Waals surface area (Å²) >= 11 is 0. The molecular formula is C18H25FN6O. The van der Waals surface area contributed by atoms with Gasteiger partial charge in [0.2, 0.25) is 0 Å². The molecule has 2 heterocycles. The summed E-state index contributed by atoms with van der Waals surface area (Å²) in [5, 5.41) is 10.9. The van der Waals surface area contributed by atoms with Gasteiger partial charge in [-0.1, -0.05) is 12.1 Å². The Bertz CT molecular complexity index is 747. The van der Waals surface area contributed by atoms with Crippen LogP contribution in [0.1, 0.15) is 26.1 Å². The average molecular weight is 360 g/mol. The molecule has 1 aliphatic rings. The zero-order valence-electron chi connectivity index (χ0n) is 15.2. The molecule has 26 heavy (non-hydrogen) atoms. The smallest absolute Gasteiger partial charge is 0.191 e. The van der Waals surface area contributed by atoms with Crippen LogP contribution in [0.3, 0.4) is 0 Å². The fourth-order valence-corrected chi connectivity index (χ4v) is 2.88. The van der Waals surface area contributed by atoms with E-state index in [2.05, 4.69) is 25.7 Å². The highest BCUT2D eigenvalue weighted by molar-refractivity contribution is 5.80. The highest BCUT2D eigenvalue weighted by Gasteiger charge is 2.20. The lowest BCUT2D eigenvalue weighted by Crippen LogP contribution is -2.47. The highest BCUT2D eigenvalue weighted by Crippen LogP contribution is 2.17. The first-order chi connectivity index (χ1) is 12.7. The van der Waals surface area contributed by atoms with Crippen LogP contribution < -0.4 is 15.4 Å². The molecule has 0 saturated heterocycles. The maximum atomic E-state index is 13.7. The molecule has 0 aliphatic carbocycles. The Morgan fingerprint density at radius 3 is 3.12 bits per heavy atom.